The van der Waals surface area contributed by atoms with Crippen LogP contribution < -0.4 is 10.6 Å². The van der Waals surface area contributed by atoms with Crippen molar-refractivity contribution in [2.24, 2.45) is 10.4 Å². The number of aliphatic imine (C=N–C) groups is 1. The summed E-state index contributed by atoms with van der Waals surface area (Å²) in [7, 11) is 0. The second-order valence-electron chi connectivity index (χ2n) is 5.81. The highest BCUT2D eigenvalue weighted by Gasteiger charge is 2.34. The molecule has 1 atom stereocenters. The molecule has 1 saturated carbocycles. The first-order chi connectivity index (χ1) is 10.2. The number of aliphatic hydroxyl groups excluding tert-OH is 1. The largest absolute Gasteiger partial charge is 0.467 e. The lowest BCUT2D eigenvalue weighted by Crippen LogP contribution is -2.41. The molecule has 5 nitrogen and oxygen atoms in total. The van der Waals surface area contributed by atoms with E-state index in [0.717, 1.165) is 19.0 Å². The van der Waals surface area contributed by atoms with Crippen LogP contribution in [0.15, 0.2) is 27.8 Å². The smallest absolute Gasteiger partial charge is 0.191 e. The van der Waals surface area contributed by atoms with Gasteiger partial charge in [-0.15, -0.1) is 0 Å². The Bertz CT molecular complexity index is 433. The number of furan rings is 1. The van der Waals surface area contributed by atoms with Crippen LogP contribution in [0.3, 0.4) is 0 Å². The minimum Gasteiger partial charge on any atom is -0.467 e. The summed E-state index contributed by atoms with van der Waals surface area (Å²) in [5.74, 6) is 1.34. The molecule has 2 rings (SSSR count). The lowest BCUT2D eigenvalue weighted by molar-refractivity contribution is 0.138. The molecule has 0 radical (unpaired) electrons. The summed E-state index contributed by atoms with van der Waals surface area (Å²) < 4.78 is 5.20. The minimum absolute atomic E-state index is 0.387. The molecule has 21 heavy (non-hydrogen) atoms. The van der Waals surface area contributed by atoms with E-state index in [-0.39, 0.29) is 0 Å². The van der Waals surface area contributed by atoms with Crippen molar-refractivity contribution >= 4 is 5.96 Å². The summed E-state index contributed by atoms with van der Waals surface area (Å²) in [5, 5.41) is 16.4. The first-order valence-corrected chi connectivity index (χ1v) is 7.93. The number of aliphatic hydroxyl groups is 1. The van der Waals surface area contributed by atoms with Crippen molar-refractivity contribution in [2.75, 3.05) is 19.6 Å². The maximum atomic E-state index is 10.0. The molecule has 1 heterocycles. The van der Waals surface area contributed by atoms with Crippen molar-refractivity contribution in [1.29, 1.82) is 0 Å². The molecular formula is C16H27N3O2. The second kappa shape index (κ2) is 7.50. The number of hydrogen-bond acceptors (Lipinski definition) is 3. The Labute approximate surface area is 126 Å². The highest BCUT2D eigenvalue weighted by molar-refractivity contribution is 5.79. The molecule has 0 spiro atoms. The predicted octanol–water partition coefficient (Wildman–Crippen LogP) is 2.45. The summed E-state index contributed by atoms with van der Waals surface area (Å²) >= 11 is 0. The van der Waals surface area contributed by atoms with Gasteiger partial charge in [0.05, 0.1) is 12.8 Å². The van der Waals surface area contributed by atoms with E-state index < -0.39 is 6.10 Å². The van der Waals surface area contributed by atoms with E-state index in [1.807, 2.05) is 6.92 Å². The van der Waals surface area contributed by atoms with Crippen LogP contribution in [0.4, 0.5) is 0 Å². The average molecular weight is 293 g/mol. The summed E-state index contributed by atoms with van der Waals surface area (Å²) in [4.78, 5) is 4.68. The van der Waals surface area contributed by atoms with Gasteiger partial charge in [-0.2, -0.15) is 0 Å². The number of nitrogens with one attached hydrogen (secondary N) is 2. The Kier molecular flexibility index (Phi) is 5.67. The Morgan fingerprint density at radius 1 is 1.43 bits per heavy atom. The van der Waals surface area contributed by atoms with Gasteiger partial charge in [0, 0.05) is 13.1 Å². The van der Waals surface area contributed by atoms with Crippen LogP contribution in [-0.2, 0) is 0 Å². The third kappa shape index (κ3) is 4.24. The highest BCUT2D eigenvalue weighted by Crippen LogP contribution is 2.43. The van der Waals surface area contributed by atoms with Crippen molar-refractivity contribution in [3.63, 3.8) is 0 Å². The average Bonchev–Trinajstić information content (AvgIpc) is 2.97. The number of rotatable bonds is 7. The van der Waals surface area contributed by atoms with Crippen LogP contribution in [-0.4, -0.2) is 30.7 Å². The van der Waals surface area contributed by atoms with E-state index in [4.69, 9.17) is 4.42 Å². The third-order valence-electron chi connectivity index (χ3n) is 4.42. The van der Waals surface area contributed by atoms with Gasteiger partial charge >= 0.3 is 0 Å². The van der Waals surface area contributed by atoms with Gasteiger partial charge in [0.2, 0.25) is 0 Å². The van der Waals surface area contributed by atoms with Gasteiger partial charge in [-0.25, -0.2) is 0 Å². The van der Waals surface area contributed by atoms with Gasteiger partial charge in [0.15, 0.2) is 5.96 Å². The lowest BCUT2D eigenvalue weighted by Gasteiger charge is -2.40. The van der Waals surface area contributed by atoms with E-state index in [9.17, 15) is 5.11 Å². The Morgan fingerprint density at radius 2 is 2.24 bits per heavy atom. The Balaban J connectivity index is 1.86. The van der Waals surface area contributed by atoms with Crippen LogP contribution in [0.5, 0.6) is 0 Å². The molecule has 5 heteroatoms. The van der Waals surface area contributed by atoms with Crippen molar-refractivity contribution in [3.05, 3.63) is 24.2 Å². The molecule has 0 aromatic carbocycles. The van der Waals surface area contributed by atoms with Crippen molar-refractivity contribution < 1.29 is 9.52 Å². The second-order valence-corrected chi connectivity index (χ2v) is 5.81. The van der Waals surface area contributed by atoms with E-state index in [0.29, 0.717) is 17.7 Å². The molecule has 0 saturated heterocycles. The van der Waals surface area contributed by atoms with Crippen molar-refractivity contribution in [1.82, 2.24) is 10.6 Å². The fourth-order valence-electron chi connectivity index (χ4n) is 2.66. The first kappa shape index (κ1) is 15.9. The number of nitrogens with zero attached hydrogens (tertiary/aromatic N) is 1. The third-order valence-corrected chi connectivity index (χ3v) is 4.42. The molecule has 0 bridgehead atoms. The summed E-state index contributed by atoms with van der Waals surface area (Å²) in [6.07, 6.45) is 5.98. The maximum Gasteiger partial charge on any atom is 0.191 e. The van der Waals surface area contributed by atoms with E-state index >= 15 is 0 Å². The predicted molar refractivity (Wildman–Crippen MR) is 84.2 cm³/mol. The van der Waals surface area contributed by atoms with Gasteiger partial charge in [-0.3, -0.25) is 4.99 Å². The molecular weight excluding hydrogens is 266 g/mol. The van der Waals surface area contributed by atoms with Crippen LogP contribution in [0.1, 0.15) is 51.4 Å². The quantitative estimate of drug-likeness (QED) is 0.533. The van der Waals surface area contributed by atoms with Crippen LogP contribution in [0.2, 0.25) is 0 Å². The van der Waals surface area contributed by atoms with Gasteiger partial charge in [-0.1, -0.05) is 13.3 Å². The normalized spacial score (nSPS) is 18.9. The zero-order chi connectivity index (χ0) is 15.1. The lowest BCUT2D eigenvalue weighted by atomic mass is 9.67. The van der Waals surface area contributed by atoms with Crippen LogP contribution >= 0.6 is 0 Å². The molecule has 3 N–H and O–H groups in total. The summed E-state index contributed by atoms with van der Waals surface area (Å²) in [6.45, 7) is 6.34. The molecule has 1 unspecified atom stereocenters. The molecule has 1 fully saturated rings. The summed E-state index contributed by atoms with van der Waals surface area (Å²) in [6, 6.07) is 3.55. The SMILES string of the molecule is CCNC(=NCC1(CC)CCC1)NCC(O)c1ccco1. The number of hydrogen-bond donors (Lipinski definition) is 3. The maximum absolute atomic E-state index is 10.0. The van der Waals surface area contributed by atoms with Crippen molar-refractivity contribution in [3.8, 4) is 0 Å². The highest BCUT2D eigenvalue weighted by atomic mass is 16.4. The number of guanidine groups is 1. The molecule has 118 valence electrons. The van der Waals surface area contributed by atoms with Gasteiger partial charge < -0.3 is 20.2 Å². The fourth-order valence-corrected chi connectivity index (χ4v) is 2.66. The molecule has 1 aromatic rings. The molecule has 1 aliphatic rings. The van der Waals surface area contributed by atoms with Gasteiger partial charge in [0.25, 0.3) is 0 Å². The van der Waals surface area contributed by atoms with Crippen LogP contribution in [0, 0.1) is 5.41 Å². The van der Waals surface area contributed by atoms with E-state index in [2.05, 4.69) is 22.5 Å². The molecule has 1 aliphatic carbocycles. The van der Waals surface area contributed by atoms with E-state index in [1.165, 1.54) is 25.7 Å². The molecule has 0 amide bonds. The zero-order valence-corrected chi connectivity index (χ0v) is 13.1. The topological polar surface area (TPSA) is 69.8 Å². The fraction of sp³-hybridized carbons (Fsp3) is 0.688. The molecule has 0 aliphatic heterocycles. The van der Waals surface area contributed by atoms with E-state index in [1.54, 1.807) is 18.4 Å². The van der Waals surface area contributed by atoms with Gasteiger partial charge in [-0.05, 0) is 43.7 Å². The monoisotopic (exact) mass is 293 g/mol. The zero-order valence-electron chi connectivity index (χ0n) is 13.1. The standard InChI is InChI=1S/C16H27N3O2/c1-3-16(8-6-9-16)12-19-15(17-4-2)18-11-13(20)14-7-5-10-21-14/h5,7,10,13,20H,3-4,6,8-9,11-12H2,1-2H3,(H2,17,18,19). The molecule has 1 aromatic heterocycles. The Hall–Kier alpha value is -1.49. The first-order valence-electron chi connectivity index (χ1n) is 7.93. The minimum atomic E-state index is -0.660. The van der Waals surface area contributed by atoms with Crippen LogP contribution in [0.25, 0.3) is 0 Å². The summed E-state index contributed by atoms with van der Waals surface area (Å²) in [5.41, 5.74) is 0.405. The van der Waals surface area contributed by atoms with Gasteiger partial charge in [0.1, 0.15) is 11.9 Å². The Morgan fingerprint density at radius 3 is 2.76 bits per heavy atom. The van der Waals surface area contributed by atoms with Crippen molar-refractivity contribution in [2.45, 2.75) is 45.6 Å².